The Kier molecular flexibility index (Phi) is 4.64. The van der Waals surface area contributed by atoms with Gasteiger partial charge in [-0.15, -0.1) is 0 Å². The number of nitrogens with zero attached hydrogens (tertiary/aromatic N) is 1. The van der Waals surface area contributed by atoms with E-state index in [0.717, 1.165) is 23.9 Å². The largest absolute Gasteiger partial charge is 0.497 e. The van der Waals surface area contributed by atoms with E-state index in [-0.39, 0.29) is 11.7 Å². The van der Waals surface area contributed by atoms with Crippen molar-refractivity contribution >= 4 is 5.91 Å². The zero-order chi connectivity index (χ0) is 17.1. The average molecular weight is 333 g/mol. The second-order valence-corrected chi connectivity index (χ2v) is 5.61. The number of carbonyl (C=O) groups is 1. The second-order valence-electron chi connectivity index (χ2n) is 5.61. The number of carbonyl (C=O) groups excluding carboxylic acids is 1. The SMILES string of the molecule is COc1ccc(O[C@@H]2CCN(C(=O)c3cc(F)cc(F)c3)C2)cc1. The van der Waals surface area contributed by atoms with Gasteiger partial charge in [0, 0.05) is 24.6 Å². The van der Waals surface area contributed by atoms with Crippen LogP contribution in [0.1, 0.15) is 16.8 Å². The van der Waals surface area contributed by atoms with Crippen LogP contribution >= 0.6 is 0 Å². The summed E-state index contributed by atoms with van der Waals surface area (Å²) in [6.45, 7) is 0.862. The maximum absolute atomic E-state index is 13.3. The first kappa shape index (κ1) is 16.2. The molecule has 0 unspecified atom stereocenters. The Hall–Kier alpha value is -2.63. The van der Waals surface area contributed by atoms with E-state index in [1.165, 1.54) is 0 Å². The molecule has 0 aliphatic carbocycles. The molecule has 1 atom stereocenters. The summed E-state index contributed by atoms with van der Waals surface area (Å²) in [6.07, 6.45) is 0.510. The van der Waals surface area contributed by atoms with Crippen molar-refractivity contribution in [1.82, 2.24) is 4.90 Å². The van der Waals surface area contributed by atoms with Crippen LogP contribution in [0.5, 0.6) is 11.5 Å². The predicted molar refractivity (Wildman–Crippen MR) is 84.3 cm³/mol. The maximum atomic E-state index is 13.3. The number of hydrogen-bond donors (Lipinski definition) is 0. The molecule has 0 aromatic heterocycles. The van der Waals surface area contributed by atoms with Crippen LogP contribution in [-0.2, 0) is 0 Å². The lowest BCUT2D eigenvalue weighted by molar-refractivity contribution is 0.0771. The van der Waals surface area contributed by atoms with Gasteiger partial charge in [0.15, 0.2) is 0 Å². The number of hydrogen-bond acceptors (Lipinski definition) is 3. The zero-order valence-electron chi connectivity index (χ0n) is 13.2. The molecular weight excluding hydrogens is 316 g/mol. The van der Waals surface area contributed by atoms with Crippen LogP contribution in [0.3, 0.4) is 0 Å². The van der Waals surface area contributed by atoms with Crippen LogP contribution in [0.4, 0.5) is 8.78 Å². The second kappa shape index (κ2) is 6.86. The molecule has 2 aromatic carbocycles. The molecule has 24 heavy (non-hydrogen) atoms. The summed E-state index contributed by atoms with van der Waals surface area (Å²) in [5.41, 5.74) is 0.0117. The van der Waals surface area contributed by atoms with Gasteiger partial charge in [-0.25, -0.2) is 8.78 Å². The van der Waals surface area contributed by atoms with Gasteiger partial charge in [0.2, 0.25) is 0 Å². The zero-order valence-corrected chi connectivity index (χ0v) is 13.2. The van der Waals surface area contributed by atoms with Gasteiger partial charge < -0.3 is 14.4 Å². The summed E-state index contributed by atoms with van der Waals surface area (Å²) in [5.74, 6) is -0.494. The molecule has 2 aromatic rings. The number of methoxy groups -OCH3 is 1. The van der Waals surface area contributed by atoms with E-state index < -0.39 is 17.5 Å². The fourth-order valence-corrected chi connectivity index (χ4v) is 2.72. The van der Waals surface area contributed by atoms with Gasteiger partial charge in [-0.1, -0.05) is 0 Å². The van der Waals surface area contributed by atoms with E-state index in [0.29, 0.717) is 25.3 Å². The summed E-state index contributed by atoms with van der Waals surface area (Å²) in [6, 6.07) is 10.0. The molecular formula is C18H17F2NO3. The lowest BCUT2D eigenvalue weighted by Crippen LogP contribution is -2.31. The fraction of sp³-hybridized carbons (Fsp3) is 0.278. The fourth-order valence-electron chi connectivity index (χ4n) is 2.72. The molecule has 0 N–H and O–H groups in total. The lowest BCUT2D eigenvalue weighted by atomic mass is 10.2. The van der Waals surface area contributed by atoms with Crippen molar-refractivity contribution in [3.63, 3.8) is 0 Å². The van der Waals surface area contributed by atoms with Gasteiger partial charge in [-0.05, 0) is 36.4 Å². The monoisotopic (exact) mass is 333 g/mol. The van der Waals surface area contributed by atoms with Gasteiger partial charge in [0.25, 0.3) is 5.91 Å². The third-order valence-electron chi connectivity index (χ3n) is 3.90. The highest BCUT2D eigenvalue weighted by Gasteiger charge is 2.28. The van der Waals surface area contributed by atoms with Gasteiger partial charge >= 0.3 is 0 Å². The van der Waals surface area contributed by atoms with Crippen molar-refractivity contribution in [2.45, 2.75) is 12.5 Å². The van der Waals surface area contributed by atoms with Gasteiger partial charge in [-0.2, -0.15) is 0 Å². The Morgan fingerprint density at radius 1 is 1.08 bits per heavy atom. The summed E-state index contributed by atoms with van der Waals surface area (Å²) in [4.78, 5) is 13.9. The highest BCUT2D eigenvalue weighted by Crippen LogP contribution is 2.22. The number of rotatable bonds is 4. The highest BCUT2D eigenvalue weighted by atomic mass is 19.1. The topological polar surface area (TPSA) is 38.8 Å². The normalized spacial score (nSPS) is 17.0. The first-order chi connectivity index (χ1) is 11.5. The van der Waals surface area contributed by atoms with E-state index in [9.17, 15) is 13.6 Å². The summed E-state index contributed by atoms with van der Waals surface area (Å²) in [7, 11) is 1.59. The number of likely N-dealkylation sites (tertiary alicyclic amines) is 1. The molecule has 1 heterocycles. The molecule has 0 bridgehead atoms. The third-order valence-corrected chi connectivity index (χ3v) is 3.90. The molecule has 0 saturated carbocycles. The molecule has 0 radical (unpaired) electrons. The molecule has 1 aliphatic rings. The van der Waals surface area contributed by atoms with Crippen molar-refractivity contribution in [2.24, 2.45) is 0 Å². The number of benzene rings is 2. The van der Waals surface area contributed by atoms with E-state index in [1.807, 2.05) is 0 Å². The minimum absolute atomic E-state index is 0.0117. The Balaban J connectivity index is 1.62. The minimum atomic E-state index is -0.761. The molecule has 1 aliphatic heterocycles. The number of halogens is 2. The molecule has 126 valence electrons. The van der Waals surface area contributed by atoms with Crippen LogP contribution in [0.2, 0.25) is 0 Å². The van der Waals surface area contributed by atoms with Gasteiger partial charge in [-0.3, -0.25) is 4.79 Å². The lowest BCUT2D eigenvalue weighted by Gasteiger charge is -2.17. The first-order valence-electron chi connectivity index (χ1n) is 7.61. The van der Waals surface area contributed by atoms with Crippen LogP contribution in [0, 0.1) is 11.6 Å². The maximum Gasteiger partial charge on any atom is 0.254 e. The Bertz CT molecular complexity index is 713. The van der Waals surface area contributed by atoms with E-state index in [4.69, 9.17) is 9.47 Å². The van der Waals surface area contributed by atoms with Crippen molar-refractivity contribution < 1.29 is 23.0 Å². The highest BCUT2D eigenvalue weighted by molar-refractivity contribution is 5.94. The molecule has 4 nitrogen and oxygen atoms in total. The Morgan fingerprint density at radius 2 is 1.71 bits per heavy atom. The van der Waals surface area contributed by atoms with Gasteiger partial charge in [0.05, 0.1) is 13.7 Å². The Morgan fingerprint density at radius 3 is 2.33 bits per heavy atom. The molecule has 1 amide bonds. The molecule has 0 spiro atoms. The third kappa shape index (κ3) is 3.64. The van der Waals surface area contributed by atoms with Crippen molar-refractivity contribution in [3.05, 3.63) is 59.7 Å². The van der Waals surface area contributed by atoms with E-state index in [2.05, 4.69) is 0 Å². The minimum Gasteiger partial charge on any atom is -0.497 e. The van der Waals surface area contributed by atoms with Crippen molar-refractivity contribution in [1.29, 1.82) is 0 Å². The van der Waals surface area contributed by atoms with E-state index in [1.54, 1.807) is 36.3 Å². The summed E-state index contributed by atoms with van der Waals surface area (Å²) in [5, 5.41) is 0. The van der Waals surface area contributed by atoms with Crippen LogP contribution in [0.25, 0.3) is 0 Å². The number of ether oxygens (including phenoxy) is 2. The van der Waals surface area contributed by atoms with Crippen molar-refractivity contribution in [3.8, 4) is 11.5 Å². The molecule has 1 fully saturated rings. The Labute approximate surface area is 138 Å². The summed E-state index contributed by atoms with van der Waals surface area (Å²) >= 11 is 0. The van der Waals surface area contributed by atoms with Crippen molar-refractivity contribution in [2.75, 3.05) is 20.2 Å². The predicted octanol–water partition coefficient (Wildman–Crippen LogP) is 3.27. The van der Waals surface area contributed by atoms with E-state index >= 15 is 0 Å². The summed E-state index contributed by atoms with van der Waals surface area (Å²) < 4.78 is 37.4. The van der Waals surface area contributed by atoms with Crippen LogP contribution in [0.15, 0.2) is 42.5 Å². The number of amides is 1. The smallest absolute Gasteiger partial charge is 0.254 e. The molecule has 3 rings (SSSR count). The van der Waals surface area contributed by atoms with Crippen LogP contribution in [-0.4, -0.2) is 37.1 Å². The quantitative estimate of drug-likeness (QED) is 0.862. The standard InChI is InChI=1S/C18H17F2NO3/c1-23-15-2-4-16(5-3-15)24-17-6-7-21(11-17)18(22)12-8-13(19)10-14(20)9-12/h2-5,8-10,17H,6-7,11H2,1H3/t17-/m1/s1. The average Bonchev–Trinajstić information content (AvgIpc) is 3.02. The first-order valence-corrected chi connectivity index (χ1v) is 7.61. The van der Waals surface area contributed by atoms with Crippen LogP contribution < -0.4 is 9.47 Å². The molecule has 1 saturated heterocycles. The van der Waals surface area contributed by atoms with Gasteiger partial charge in [0.1, 0.15) is 29.2 Å². The molecule has 6 heteroatoms.